The minimum Gasteiger partial charge on any atom is -0.495 e. The Bertz CT molecular complexity index is 1160. The van der Waals surface area contributed by atoms with Crippen LogP contribution in [0.1, 0.15) is 5.69 Å². The largest absolute Gasteiger partial charge is 0.495 e. The number of epoxide rings is 1. The van der Waals surface area contributed by atoms with Crippen LogP contribution in [-0.2, 0) is 22.1 Å². The molecule has 7 heteroatoms. The highest BCUT2D eigenvalue weighted by molar-refractivity contribution is 7.84. The molecule has 2 aromatic carbocycles. The molecule has 30 heavy (non-hydrogen) atoms. The van der Waals surface area contributed by atoms with Crippen molar-refractivity contribution < 1.29 is 13.7 Å². The summed E-state index contributed by atoms with van der Waals surface area (Å²) in [7, 11) is 2.48. The molecule has 6 nitrogen and oxygen atoms in total. The van der Waals surface area contributed by atoms with E-state index in [9.17, 15) is 4.21 Å². The minimum absolute atomic E-state index is 0.268. The number of hydrogen-bond donors (Lipinski definition) is 2. The van der Waals surface area contributed by atoms with Gasteiger partial charge in [-0.15, -0.1) is 0 Å². The quantitative estimate of drug-likeness (QED) is 0.451. The first-order valence-electron chi connectivity index (χ1n) is 9.76. The van der Waals surface area contributed by atoms with Crippen molar-refractivity contribution in [2.24, 2.45) is 0 Å². The number of aromatic nitrogens is 1. The van der Waals surface area contributed by atoms with Crippen LogP contribution in [0.3, 0.4) is 0 Å². The molecule has 4 rings (SSSR count). The molecule has 0 saturated carbocycles. The predicted octanol–water partition coefficient (Wildman–Crippen LogP) is 3.29. The van der Waals surface area contributed by atoms with E-state index < -0.39 is 10.8 Å². The van der Waals surface area contributed by atoms with Crippen LogP contribution in [0.15, 0.2) is 47.4 Å². The third kappa shape index (κ3) is 4.30. The van der Waals surface area contributed by atoms with Crippen LogP contribution in [0, 0.1) is 11.8 Å². The summed E-state index contributed by atoms with van der Waals surface area (Å²) in [6, 6.07) is 13.9. The Morgan fingerprint density at radius 2 is 2.10 bits per heavy atom. The second-order valence-electron chi connectivity index (χ2n) is 7.06. The number of anilines is 2. The van der Waals surface area contributed by atoms with Crippen LogP contribution in [0.5, 0.6) is 5.75 Å². The number of nitrogens with one attached hydrogen (secondary N) is 2. The van der Waals surface area contributed by atoms with Gasteiger partial charge in [-0.25, -0.2) is 0 Å². The third-order valence-electron chi connectivity index (χ3n) is 5.09. The molecule has 1 fully saturated rings. The van der Waals surface area contributed by atoms with Crippen LogP contribution in [0.4, 0.5) is 11.4 Å². The normalized spacial score (nSPS) is 15.9. The number of ether oxygens (including phenoxy) is 2. The maximum Gasteiger partial charge on any atom is 0.143 e. The topological polar surface area (TPSA) is 67.8 Å². The highest BCUT2D eigenvalue weighted by Gasteiger charge is 2.24. The Labute approximate surface area is 179 Å². The molecule has 1 aliphatic rings. The highest BCUT2D eigenvalue weighted by atomic mass is 32.2. The summed E-state index contributed by atoms with van der Waals surface area (Å²) in [4.78, 5) is 0.732. The minimum atomic E-state index is -1.05. The van der Waals surface area contributed by atoms with Crippen molar-refractivity contribution >= 4 is 33.1 Å². The standard InChI is InChI=1S/C23H25N3O3S/c1-24-20-7-4-8-22-19(20)12-16(26(22)14-17-15-29-17)6-5-11-25-21-10-9-18(30(3)27)13-23(21)28-2/h4,7-10,12-13,17,24-25H,11,14-15H2,1-3H3. The monoisotopic (exact) mass is 423 g/mol. The average Bonchev–Trinajstić information content (AvgIpc) is 3.51. The summed E-state index contributed by atoms with van der Waals surface area (Å²) in [5.41, 5.74) is 4.03. The van der Waals surface area contributed by atoms with E-state index in [0.717, 1.165) is 46.0 Å². The number of benzene rings is 2. The van der Waals surface area contributed by atoms with E-state index in [2.05, 4.69) is 51.3 Å². The molecule has 0 aliphatic carbocycles. The van der Waals surface area contributed by atoms with Gasteiger partial charge in [0.05, 0.1) is 49.8 Å². The summed E-state index contributed by atoms with van der Waals surface area (Å²) in [5.74, 6) is 7.17. The fourth-order valence-corrected chi connectivity index (χ4v) is 3.98. The van der Waals surface area contributed by atoms with Crippen molar-refractivity contribution in [1.82, 2.24) is 4.57 Å². The van der Waals surface area contributed by atoms with Gasteiger partial charge in [-0.05, 0) is 42.3 Å². The van der Waals surface area contributed by atoms with Gasteiger partial charge in [0, 0.05) is 40.1 Å². The number of fused-ring (bicyclic) bond motifs is 1. The zero-order valence-corrected chi connectivity index (χ0v) is 18.1. The van der Waals surface area contributed by atoms with E-state index >= 15 is 0 Å². The number of nitrogens with zero attached hydrogens (tertiary/aromatic N) is 1. The van der Waals surface area contributed by atoms with E-state index in [0.29, 0.717) is 12.3 Å². The van der Waals surface area contributed by atoms with Crippen LogP contribution >= 0.6 is 0 Å². The van der Waals surface area contributed by atoms with Crippen molar-refractivity contribution in [3.63, 3.8) is 0 Å². The summed E-state index contributed by atoms with van der Waals surface area (Å²) >= 11 is 0. The Hall–Kier alpha value is -2.95. The van der Waals surface area contributed by atoms with E-state index in [4.69, 9.17) is 9.47 Å². The predicted molar refractivity (Wildman–Crippen MR) is 122 cm³/mol. The molecule has 0 amide bonds. The lowest BCUT2D eigenvalue weighted by Crippen LogP contribution is -2.06. The number of hydrogen-bond acceptors (Lipinski definition) is 5. The lowest BCUT2D eigenvalue weighted by Gasteiger charge is -2.10. The molecule has 1 aromatic heterocycles. The molecule has 0 bridgehead atoms. The van der Waals surface area contributed by atoms with Gasteiger partial charge in [0.1, 0.15) is 5.75 Å². The second-order valence-corrected chi connectivity index (χ2v) is 8.44. The lowest BCUT2D eigenvalue weighted by atomic mass is 10.2. The molecule has 2 N–H and O–H groups in total. The van der Waals surface area contributed by atoms with Crippen molar-refractivity contribution in [2.75, 3.05) is 44.2 Å². The van der Waals surface area contributed by atoms with E-state index in [-0.39, 0.29) is 6.10 Å². The van der Waals surface area contributed by atoms with Crippen LogP contribution in [-0.4, -0.2) is 48.4 Å². The maximum absolute atomic E-state index is 11.7. The smallest absolute Gasteiger partial charge is 0.143 e. The van der Waals surface area contributed by atoms with Gasteiger partial charge in [-0.2, -0.15) is 0 Å². The van der Waals surface area contributed by atoms with Gasteiger partial charge in [0.25, 0.3) is 0 Å². The zero-order chi connectivity index (χ0) is 21.1. The fraction of sp³-hybridized carbons (Fsp3) is 0.304. The van der Waals surface area contributed by atoms with Crippen LogP contribution in [0.25, 0.3) is 10.9 Å². The first-order chi connectivity index (χ1) is 14.6. The van der Waals surface area contributed by atoms with Crippen LogP contribution < -0.4 is 15.4 Å². The van der Waals surface area contributed by atoms with Crippen molar-refractivity contribution in [2.45, 2.75) is 17.5 Å². The van der Waals surface area contributed by atoms with Gasteiger partial charge < -0.3 is 24.7 Å². The molecule has 1 aliphatic heterocycles. The average molecular weight is 424 g/mol. The molecular weight excluding hydrogens is 398 g/mol. The Balaban J connectivity index is 1.56. The molecule has 2 heterocycles. The Kier molecular flexibility index (Phi) is 5.98. The van der Waals surface area contributed by atoms with Gasteiger partial charge in [0.2, 0.25) is 0 Å². The first-order valence-corrected chi connectivity index (χ1v) is 11.3. The van der Waals surface area contributed by atoms with Gasteiger partial charge in [0.15, 0.2) is 0 Å². The molecule has 0 radical (unpaired) electrons. The van der Waals surface area contributed by atoms with E-state index in [1.165, 1.54) is 0 Å². The molecule has 2 unspecified atom stereocenters. The number of rotatable bonds is 7. The molecule has 156 valence electrons. The molecular formula is C23H25N3O3S. The molecule has 1 saturated heterocycles. The van der Waals surface area contributed by atoms with Crippen molar-refractivity contribution in [3.05, 3.63) is 48.2 Å². The molecule has 0 spiro atoms. The van der Waals surface area contributed by atoms with Gasteiger partial charge >= 0.3 is 0 Å². The zero-order valence-electron chi connectivity index (χ0n) is 17.3. The maximum atomic E-state index is 11.7. The van der Waals surface area contributed by atoms with Gasteiger partial charge in [-0.3, -0.25) is 4.21 Å². The van der Waals surface area contributed by atoms with E-state index in [1.807, 2.05) is 19.2 Å². The molecule has 2 atom stereocenters. The second kappa shape index (κ2) is 8.82. The first kappa shape index (κ1) is 20.3. The summed E-state index contributed by atoms with van der Waals surface area (Å²) in [6.45, 7) is 2.07. The number of methoxy groups -OCH3 is 1. The molecule has 3 aromatic rings. The summed E-state index contributed by atoms with van der Waals surface area (Å²) < 4.78 is 24.8. The lowest BCUT2D eigenvalue weighted by molar-refractivity contribution is 0.385. The fourth-order valence-electron chi connectivity index (χ4n) is 3.45. The highest BCUT2D eigenvalue weighted by Crippen LogP contribution is 2.29. The third-order valence-corrected chi connectivity index (χ3v) is 6.01. The summed E-state index contributed by atoms with van der Waals surface area (Å²) in [6.07, 6.45) is 1.92. The van der Waals surface area contributed by atoms with E-state index in [1.54, 1.807) is 19.4 Å². The SMILES string of the molecule is CNc1cccc2c1cc(C#CCNc1ccc(S(C)=O)cc1OC)n2CC1CO1. The Morgan fingerprint density at radius 3 is 2.80 bits per heavy atom. The van der Waals surface area contributed by atoms with Crippen LogP contribution in [0.2, 0.25) is 0 Å². The van der Waals surface area contributed by atoms with Crippen molar-refractivity contribution in [1.29, 1.82) is 0 Å². The Morgan fingerprint density at radius 1 is 1.27 bits per heavy atom. The van der Waals surface area contributed by atoms with Gasteiger partial charge in [-0.1, -0.05) is 12.0 Å². The summed E-state index contributed by atoms with van der Waals surface area (Å²) in [5, 5.41) is 7.69. The van der Waals surface area contributed by atoms with Crippen molar-refractivity contribution in [3.8, 4) is 17.6 Å².